The molecule has 0 bridgehead atoms. The number of rotatable bonds is 16. The predicted molar refractivity (Wildman–Crippen MR) is 152 cm³/mol. The number of carbonyl (C=O) groups is 4. The van der Waals surface area contributed by atoms with Crippen molar-refractivity contribution < 1.29 is 60.3 Å². The van der Waals surface area contributed by atoms with Gasteiger partial charge in [0.25, 0.3) is 0 Å². The zero-order valence-corrected chi connectivity index (χ0v) is 26.0. The van der Waals surface area contributed by atoms with Crippen molar-refractivity contribution in [3.05, 3.63) is 35.9 Å². The molecule has 1 saturated heterocycles. The third kappa shape index (κ3) is 10.0. The number of hydrogen-bond acceptors (Lipinski definition) is 8. The zero-order chi connectivity index (χ0) is 33.0. The van der Waals surface area contributed by atoms with Crippen LogP contribution in [0.25, 0.3) is 0 Å². The Hall–Kier alpha value is -3.00. The van der Waals surface area contributed by atoms with E-state index >= 15 is 0 Å². The van der Waals surface area contributed by atoms with Gasteiger partial charge in [0, 0.05) is 26.5 Å². The third-order valence-corrected chi connectivity index (χ3v) is 9.78. The van der Waals surface area contributed by atoms with Crippen LogP contribution < -0.4 is 10.6 Å². The van der Waals surface area contributed by atoms with E-state index in [4.69, 9.17) is 13.8 Å². The summed E-state index contributed by atoms with van der Waals surface area (Å²) in [5, 5.41) is 14.4. The van der Waals surface area contributed by atoms with E-state index in [0.717, 1.165) is 7.11 Å². The van der Waals surface area contributed by atoms with Crippen molar-refractivity contribution in [2.75, 3.05) is 20.2 Å². The number of alkyl carbamates (subject to hydrolysis) is 1. The van der Waals surface area contributed by atoms with E-state index in [9.17, 15) is 42.0 Å². The maximum absolute atomic E-state index is 14.2. The summed E-state index contributed by atoms with van der Waals surface area (Å²) in [5.74, 6) is -4.26. The van der Waals surface area contributed by atoms with Crippen molar-refractivity contribution >= 4 is 31.6 Å². The molecule has 3 N–H and O–H groups in total. The number of nitrogens with zero attached hydrogens (tertiary/aromatic N) is 1. The van der Waals surface area contributed by atoms with Crippen LogP contribution in [-0.2, 0) is 34.5 Å². The van der Waals surface area contributed by atoms with Crippen molar-refractivity contribution in [3.8, 4) is 0 Å². The van der Waals surface area contributed by atoms with E-state index < -0.39 is 60.2 Å². The summed E-state index contributed by atoms with van der Waals surface area (Å²) in [6.07, 6.45) is -7.12. The monoisotopic (exact) mass is 652 g/mol. The van der Waals surface area contributed by atoms with E-state index in [2.05, 4.69) is 5.32 Å². The Morgan fingerprint density at radius 1 is 1.11 bits per heavy atom. The van der Waals surface area contributed by atoms with Gasteiger partial charge in [0.2, 0.25) is 0 Å². The Balaban J connectivity index is 2.28. The lowest BCUT2D eigenvalue weighted by molar-refractivity contribution is -0.794. The van der Waals surface area contributed by atoms with Gasteiger partial charge in [-0.1, -0.05) is 50.1 Å². The number of quaternary nitrogens is 1. The first-order valence-corrected chi connectivity index (χ1v) is 16.1. The number of halogens is 3. The van der Waals surface area contributed by atoms with Gasteiger partial charge in [0.05, 0.1) is 6.54 Å². The standard InChI is InChI=1S/C28H41F3N3O9P/c1-4-5-16-23(33-26(37)42-19-21-13-7-6-8-14-21)44(40,41-3)43-22(15-9-10-17-32-25(36)28(29,30)31)24(35)34(27(38)39)18-11-12-20(34)2/h6-8,13-14,20,22-23H,4-5,9-12,15-19H2,1-3H3,(H2-,32,33,36,37,38,39)/p+1/t20-,22?,23+,34?,44?/m1/s1. The van der Waals surface area contributed by atoms with Crippen molar-refractivity contribution in [1.29, 1.82) is 0 Å². The molecule has 5 atom stereocenters. The lowest BCUT2D eigenvalue weighted by Gasteiger charge is -2.34. The number of carbonyl (C=O) groups excluding carboxylic acids is 3. The van der Waals surface area contributed by atoms with Gasteiger partial charge in [0.15, 0.2) is 6.10 Å². The van der Waals surface area contributed by atoms with Crippen LogP contribution in [0.3, 0.4) is 0 Å². The number of likely N-dealkylation sites (tertiary alicyclic amines) is 1. The summed E-state index contributed by atoms with van der Waals surface area (Å²) < 4.78 is 67.2. The molecule has 1 aliphatic heterocycles. The van der Waals surface area contributed by atoms with Crippen molar-refractivity contribution in [2.45, 2.75) is 95.9 Å². The van der Waals surface area contributed by atoms with Gasteiger partial charge >= 0.3 is 37.8 Å². The molecule has 0 radical (unpaired) electrons. The molecular weight excluding hydrogens is 610 g/mol. The summed E-state index contributed by atoms with van der Waals surface area (Å²) in [7, 11) is -3.29. The van der Waals surface area contributed by atoms with Crippen molar-refractivity contribution in [1.82, 2.24) is 10.6 Å². The number of imide groups is 1. The lowest BCUT2D eigenvalue weighted by Crippen LogP contribution is -2.62. The first kappa shape index (κ1) is 37.2. The Morgan fingerprint density at radius 2 is 1.80 bits per heavy atom. The normalized spacial score (nSPS) is 21.1. The maximum atomic E-state index is 14.2. The minimum Gasteiger partial charge on any atom is -0.445 e. The van der Waals surface area contributed by atoms with Crippen LogP contribution >= 0.6 is 7.60 Å². The molecule has 0 saturated carbocycles. The number of amides is 4. The minimum absolute atomic E-state index is 0.0123. The van der Waals surface area contributed by atoms with Gasteiger partial charge < -0.3 is 25.0 Å². The quantitative estimate of drug-likeness (QED) is 0.116. The van der Waals surface area contributed by atoms with E-state index in [0.29, 0.717) is 31.2 Å². The highest BCUT2D eigenvalue weighted by atomic mass is 31.2. The molecule has 44 heavy (non-hydrogen) atoms. The molecule has 1 aliphatic rings. The van der Waals surface area contributed by atoms with Gasteiger partial charge in [-0.3, -0.25) is 13.9 Å². The molecule has 0 aliphatic carbocycles. The van der Waals surface area contributed by atoms with Crippen LogP contribution in [-0.4, -0.2) is 77.9 Å². The van der Waals surface area contributed by atoms with Gasteiger partial charge in [-0.15, -0.1) is 0 Å². The van der Waals surface area contributed by atoms with Crippen LogP contribution in [0.4, 0.5) is 22.8 Å². The predicted octanol–water partition coefficient (Wildman–Crippen LogP) is 5.71. The Labute approximate surface area is 254 Å². The molecule has 1 aromatic rings. The molecule has 4 amide bonds. The molecule has 12 nitrogen and oxygen atoms in total. The van der Waals surface area contributed by atoms with Crippen LogP contribution in [0.5, 0.6) is 0 Å². The van der Waals surface area contributed by atoms with E-state index in [1.54, 1.807) is 42.6 Å². The molecule has 2 rings (SSSR count). The Kier molecular flexibility index (Phi) is 14.3. The molecule has 0 spiro atoms. The van der Waals surface area contributed by atoms with Gasteiger partial charge in [-0.05, 0) is 38.2 Å². The van der Waals surface area contributed by atoms with Gasteiger partial charge in [-0.25, -0.2) is 9.59 Å². The van der Waals surface area contributed by atoms with E-state index in [-0.39, 0.29) is 45.4 Å². The highest BCUT2D eigenvalue weighted by Gasteiger charge is 2.57. The van der Waals surface area contributed by atoms with Crippen LogP contribution in [0.2, 0.25) is 0 Å². The average molecular weight is 653 g/mol. The Morgan fingerprint density at radius 3 is 2.34 bits per heavy atom. The van der Waals surface area contributed by atoms with Gasteiger partial charge in [0.1, 0.15) is 18.4 Å². The summed E-state index contributed by atoms with van der Waals surface area (Å²) >= 11 is 0. The van der Waals surface area contributed by atoms with Gasteiger partial charge in [-0.2, -0.15) is 22.4 Å². The lowest BCUT2D eigenvalue weighted by atomic mass is 10.1. The second-order valence-electron chi connectivity index (χ2n) is 10.6. The second-order valence-corrected chi connectivity index (χ2v) is 12.9. The molecule has 1 aromatic carbocycles. The molecule has 1 fully saturated rings. The highest BCUT2D eigenvalue weighted by molar-refractivity contribution is 7.54. The molecule has 248 valence electrons. The van der Waals surface area contributed by atoms with Crippen LogP contribution in [0.1, 0.15) is 70.8 Å². The molecule has 16 heteroatoms. The highest BCUT2D eigenvalue weighted by Crippen LogP contribution is 2.55. The maximum Gasteiger partial charge on any atom is 0.521 e. The molecule has 3 unspecified atom stereocenters. The fourth-order valence-electron chi connectivity index (χ4n) is 5.05. The fraction of sp³-hybridized carbons (Fsp3) is 0.643. The number of hydrogen-bond donors (Lipinski definition) is 3. The first-order chi connectivity index (χ1) is 20.7. The van der Waals surface area contributed by atoms with Crippen molar-refractivity contribution in [2.24, 2.45) is 0 Å². The zero-order valence-electron chi connectivity index (χ0n) is 25.1. The number of alkyl halides is 3. The van der Waals surface area contributed by atoms with Crippen LogP contribution in [0, 0.1) is 0 Å². The second kappa shape index (κ2) is 16.9. The van der Waals surface area contributed by atoms with E-state index in [1.165, 1.54) is 0 Å². The topological polar surface area (TPSA) is 157 Å². The van der Waals surface area contributed by atoms with Crippen LogP contribution in [0.15, 0.2) is 30.3 Å². The summed E-state index contributed by atoms with van der Waals surface area (Å²) in [4.78, 5) is 50.2. The first-order valence-electron chi connectivity index (χ1n) is 14.5. The number of benzene rings is 1. The molecular formula is C28H42F3N3O9P+. The van der Waals surface area contributed by atoms with Crippen molar-refractivity contribution in [3.63, 3.8) is 0 Å². The van der Waals surface area contributed by atoms with E-state index in [1.807, 2.05) is 6.92 Å². The SMILES string of the molecule is CCCC[C@@H](NC(=O)OCc1ccccc1)P(=O)(OC)OC(CCCCNC(=O)C(F)(F)F)C(=O)[N+]1(C(=O)O)CCC[C@H]1C. The number of ether oxygens (including phenoxy) is 1. The number of carboxylic acid groups (broad SMARTS) is 1. The summed E-state index contributed by atoms with van der Waals surface area (Å²) in [6.45, 7) is 2.99. The Bertz CT molecular complexity index is 1170. The molecule has 0 aromatic heterocycles. The number of nitrogens with one attached hydrogen (secondary N) is 2. The minimum atomic E-state index is -5.06. The third-order valence-electron chi connectivity index (χ3n) is 7.57. The number of unbranched alkanes of at least 4 members (excludes halogenated alkanes) is 2. The molecule has 1 heterocycles. The largest absolute Gasteiger partial charge is 0.521 e. The summed E-state index contributed by atoms with van der Waals surface area (Å²) in [5.41, 5.74) is 0.707. The summed E-state index contributed by atoms with van der Waals surface area (Å²) in [6, 6.07) is 8.20. The smallest absolute Gasteiger partial charge is 0.445 e. The average Bonchev–Trinajstić information content (AvgIpc) is 3.38. The fourth-order valence-corrected chi connectivity index (χ4v) is 6.85.